The molecule has 0 saturated carbocycles. The van der Waals surface area contributed by atoms with E-state index in [9.17, 15) is 14.4 Å². The molecule has 1 aromatic carbocycles. The predicted octanol–water partition coefficient (Wildman–Crippen LogP) is 3.86. The van der Waals surface area contributed by atoms with Crippen molar-refractivity contribution >= 4 is 36.9 Å². The summed E-state index contributed by atoms with van der Waals surface area (Å²) < 4.78 is 5.46. The minimum Gasteiger partial charge on any atom is -0.449 e. The number of hydrogen-bond acceptors (Lipinski definition) is 4. The number of nitrogens with two attached hydrogens (primary N) is 1. The van der Waals surface area contributed by atoms with Crippen LogP contribution in [0.1, 0.15) is 12.0 Å². The molecule has 0 bridgehead atoms. The van der Waals surface area contributed by atoms with Gasteiger partial charge in [0.25, 0.3) is 5.91 Å². The predicted molar refractivity (Wildman–Crippen MR) is 140 cm³/mol. The van der Waals surface area contributed by atoms with Gasteiger partial charge in [0.2, 0.25) is 5.91 Å². The minimum absolute atomic E-state index is 0.258. The van der Waals surface area contributed by atoms with Crippen LogP contribution in [0.15, 0.2) is 67.0 Å². The topological polar surface area (TPSA) is 118 Å². The second kappa shape index (κ2) is 11.2. The summed E-state index contributed by atoms with van der Waals surface area (Å²) in [4.78, 5) is 42.4. The van der Waals surface area contributed by atoms with Crippen LogP contribution in [0.5, 0.6) is 0 Å². The minimum atomic E-state index is -1.33. The van der Waals surface area contributed by atoms with Gasteiger partial charge in [-0.05, 0) is 36.2 Å². The van der Waals surface area contributed by atoms with E-state index in [1.807, 2.05) is 30.5 Å². The molecule has 186 valence electrons. The normalized spacial score (nSPS) is 16.5. The fourth-order valence-electron chi connectivity index (χ4n) is 3.82. The first-order chi connectivity index (χ1) is 16.6. The standard InChI is InChI=1S/C26H34N4O4Si/c1-5-8-20-15-18(11-12-30(20)26(33)34-13-14-35(2,3)4)25(32)29-23(24(27)31)16-19-17-28-22-10-7-6-9-21(19)22/h5-7,9-12,15,17,20,23,28H,1,8,13-14,16H2,2-4H3,(H2,27,31)(H,29,32)/t20?,23-/m0/s1. The van der Waals surface area contributed by atoms with Crippen LogP contribution in [0.3, 0.4) is 0 Å². The molecule has 8 nitrogen and oxygen atoms in total. The van der Waals surface area contributed by atoms with Crippen LogP contribution in [0.4, 0.5) is 4.79 Å². The van der Waals surface area contributed by atoms with Crippen LogP contribution >= 0.6 is 0 Å². The molecular formula is C26H34N4O4Si. The van der Waals surface area contributed by atoms with E-state index in [1.54, 1.807) is 24.4 Å². The first-order valence-electron chi connectivity index (χ1n) is 11.7. The zero-order valence-electron chi connectivity index (χ0n) is 20.5. The lowest BCUT2D eigenvalue weighted by molar-refractivity contribution is -0.125. The number of aromatic amines is 1. The quantitative estimate of drug-likeness (QED) is 0.343. The summed E-state index contributed by atoms with van der Waals surface area (Å²) in [6, 6.07) is 7.29. The Hall–Kier alpha value is -3.59. The molecule has 0 saturated heterocycles. The van der Waals surface area contributed by atoms with Crippen LogP contribution in [0.25, 0.3) is 10.9 Å². The van der Waals surface area contributed by atoms with Crippen LogP contribution in [0.2, 0.25) is 25.7 Å². The molecule has 0 spiro atoms. The van der Waals surface area contributed by atoms with E-state index in [-0.39, 0.29) is 6.42 Å². The summed E-state index contributed by atoms with van der Waals surface area (Å²) in [5.41, 5.74) is 7.78. The lowest BCUT2D eigenvalue weighted by Gasteiger charge is -2.29. The molecule has 0 aliphatic carbocycles. The molecule has 2 heterocycles. The highest BCUT2D eigenvalue weighted by atomic mass is 28.3. The van der Waals surface area contributed by atoms with Crippen molar-refractivity contribution in [2.24, 2.45) is 5.73 Å². The van der Waals surface area contributed by atoms with Crippen molar-refractivity contribution in [3.8, 4) is 0 Å². The van der Waals surface area contributed by atoms with Gasteiger partial charge in [-0.1, -0.05) is 43.9 Å². The third kappa shape index (κ3) is 6.95. The van der Waals surface area contributed by atoms with Crippen molar-refractivity contribution in [2.75, 3.05) is 6.61 Å². The number of ether oxygens (including phenoxy) is 1. The lowest BCUT2D eigenvalue weighted by atomic mass is 10.0. The molecular weight excluding hydrogens is 460 g/mol. The number of carbonyl (C=O) groups excluding carboxylic acids is 3. The molecule has 3 rings (SSSR count). The summed E-state index contributed by atoms with van der Waals surface area (Å²) in [6.45, 7) is 10.8. The third-order valence-corrected chi connectivity index (χ3v) is 7.55. The summed E-state index contributed by atoms with van der Waals surface area (Å²) in [5.74, 6) is -1.06. The number of amides is 3. The number of nitrogens with zero attached hydrogens (tertiary/aromatic N) is 1. The maximum Gasteiger partial charge on any atom is 0.414 e. The van der Waals surface area contributed by atoms with E-state index in [0.29, 0.717) is 18.6 Å². The highest BCUT2D eigenvalue weighted by molar-refractivity contribution is 6.76. The first-order valence-corrected chi connectivity index (χ1v) is 15.4. The van der Waals surface area contributed by atoms with Crippen molar-refractivity contribution in [3.63, 3.8) is 0 Å². The van der Waals surface area contributed by atoms with Crippen molar-refractivity contribution in [1.29, 1.82) is 0 Å². The Labute approximate surface area is 206 Å². The van der Waals surface area contributed by atoms with Gasteiger partial charge in [-0.15, -0.1) is 6.58 Å². The highest BCUT2D eigenvalue weighted by Gasteiger charge is 2.28. The van der Waals surface area contributed by atoms with Crippen LogP contribution in [-0.4, -0.2) is 54.6 Å². The maximum atomic E-state index is 13.0. The summed E-state index contributed by atoms with van der Waals surface area (Å²) in [7, 11) is -1.33. The summed E-state index contributed by atoms with van der Waals surface area (Å²) in [5, 5.41) is 3.72. The maximum absolute atomic E-state index is 13.0. The van der Waals surface area contributed by atoms with Crippen LogP contribution < -0.4 is 11.1 Å². The number of hydrogen-bond donors (Lipinski definition) is 3. The summed E-state index contributed by atoms with van der Waals surface area (Å²) in [6.07, 6.45) is 8.50. The number of H-pyrrole nitrogens is 1. The molecule has 35 heavy (non-hydrogen) atoms. The summed E-state index contributed by atoms with van der Waals surface area (Å²) >= 11 is 0. The molecule has 9 heteroatoms. The number of aromatic nitrogens is 1. The number of nitrogens with one attached hydrogen (secondary N) is 2. The molecule has 1 aliphatic heterocycles. The Kier molecular flexibility index (Phi) is 8.34. The van der Waals surface area contributed by atoms with Gasteiger partial charge in [-0.2, -0.15) is 0 Å². The molecule has 2 aromatic rings. The number of benzene rings is 1. The number of rotatable bonds is 10. The Morgan fingerprint density at radius 3 is 2.71 bits per heavy atom. The highest BCUT2D eigenvalue weighted by Crippen LogP contribution is 2.21. The van der Waals surface area contributed by atoms with E-state index in [0.717, 1.165) is 22.5 Å². The molecule has 1 unspecified atom stereocenters. The molecule has 2 atom stereocenters. The van der Waals surface area contributed by atoms with E-state index >= 15 is 0 Å². The van der Waals surface area contributed by atoms with Gasteiger partial charge in [0.05, 0.1) is 12.6 Å². The molecule has 1 aromatic heterocycles. The zero-order chi connectivity index (χ0) is 25.6. The molecule has 4 N–H and O–H groups in total. The third-order valence-electron chi connectivity index (χ3n) is 5.85. The van der Waals surface area contributed by atoms with E-state index in [4.69, 9.17) is 10.5 Å². The number of fused-ring (bicyclic) bond motifs is 1. The van der Waals surface area contributed by atoms with Crippen molar-refractivity contribution in [1.82, 2.24) is 15.2 Å². The van der Waals surface area contributed by atoms with Gasteiger partial charge in [0.1, 0.15) is 6.04 Å². The molecule has 1 aliphatic rings. The van der Waals surface area contributed by atoms with Gasteiger partial charge in [-0.25, -0.2) is 4.79 Å². The smallest absolute Gasteiger partial charge is 0.414 e. The van der Waals surface area contributed by atoms with Gasteiger partial charge in [0, 0.05) is 43.4 Å². The Bertz CT molecular complexity index is 1160. The SMILES string of the molecule is C=CCC1C=C(C(=O)N[C@@H](Cc2c[nH]c3ccccc23)C(N)=O)C=CN1C(=O)OCC[Si](C)(C)C. The van der Waals surface area contributed by atoms with Crippen LogP contribution in [0, 0.1) is 0 Å². The van der Waals surface area contributed by atoms with Gasteiger partial charge in [0.15, 0.2) is 0 Å². The van der Waals surface area contributed by atoms with Gasteiger partial charge >= 0.3 is 6.09 Å². The first kappa shape index (κ1) is 26.0. The fraction of sp³-hybridized carbons (Fsp3) is 0.346. The van der Waals surface area contributed by atoms with Gasteiger partial charge in [-0.3, -0.25) is 14.5 Å². The average molecular weight is 495 g/mol. The number of carbonyl (C=O) groups is 3. The Morgan fingerprint density at radius 2 is 2.03 bits per heavy atom. The lowest BCUT2D eigenvalue weighted by Crippen LogP contribution is -2.47. The largest absolute Gasteiger partial charge is 0.449 e. The Morgan fingerprint density at radius 1 is 1.29 bits per heavy atom. The van der Waals surface area contributed by atoms with Crippen molar-refractivity contribution in [2.45, 2.75) is 50.6 Å². The van der Waals surface area contributed by atoms with Crippen LogP contribution in [-0.2, 0) is 20.7 Å². The van der Waals surface area contributed by atoms with Gasteiger partial charge < -0.3 is 20.8 Å². The second-order valence-electron chi connectivity index (χ2n) is 9.85. The van der Waals surface area contributed by atoms with Crippen molar-refractivity contribution < 1.29 is 19.1 Å². The zero-order valence-corrected chi connectivity index (χ0v) is 21.5. The molecule has 0 fully saturated rings. The van der Waals surface area contributed by atoms with Crippen molar-refractivity contribution in [3.05, 3.63) is 72.6 Å². The van der Waals surface area contributed by atoms with E-state index in [1.165, 1.54) is 4.90 Å². The monoisotopic (exact) mass is 494 g/mol. The van der Waals surface area contributed by atoms with E-state index in [2.05, 4.69) is 36.5 Å². The average Bonchev–Trinajstić information content (AvgIpc) is 3.20. The number of primary amides is 1. The molecule has 0 radical (unpaired) electrons. The van der Waals surface area contributed by atoms with E-state index < -0.39 is 38.1 Å². The Balaban J connectivity index is 1.68. The number of para-hydroxylation sites is 1. The fourth-order valence-corrected chi connectivity index (χ4v) is 4.53. The second-order valence-corrected chi connectivity index (χ2v) is 15.5. The molecule has 3 amide bonds.